The van der Waals surface area contributed by atoms with Gasteiger partial charge in [0, 0.05) is 21.6 Å². The maximum atomic E-state index is 13.6. The first-order chi connectivity index (χ1) is 9.08. The average molecular weight is 324 g/mol. The van der Waals surface area contributed by atoms with E-state index in [2.05, 4.69) is 15.9 Å². The van der Waals surface area contributed by atoms with Gasteiger partial charge in [-0.3, -0.25) is 0 Å². The van der Waals surface area contributed by atoms with Crippen molar-refractivity contribution in [3.63, 3.8) is 0 Å². The summed E-state index contributed by atoms with van der Waals surface area (Å²) >= 11 is 3.32. The SMILES string of the molecule is CC(N)c1ccccc1OCc1cc(Br)ccc1F. The van der Waals surface area contributed by atoms with Crippen LogP contribution in [-0.2, 0) is 6.61 Å². The molecule has 0 aliphatic rings. The molecule has 0 aliphatic carbocycles. The minimum Gasteiger partial charge on any atom is -0.488 e. The lowest BCUT2D eigenvalue weighted by molar-refractivity contribution is 0.295. The number of benzene rings is 2. The summed E-state index contributed by atoms with van der Waals surface area (Å²) in [7, 11) is 0. The van der Waals surface area contributed by atoms with Crippen LogP contribution in [0, 0.1) is 5.82 Å². The molecule has 100 valence electrons. The predicted molar refractivity (Wildman–Crippen MR) is 77.5 cm³/mol. The van der Waals surface area contributed by atoms with Gasteiger partial charge in [0.05, 0.1) is 0 Å². The molecule has 0 amide bonds. The Labute approximate surface area is 120 Å². The number of hydrogen-bond acceptors (Lipinski definition) is 2. The molecule has 2 aromatic rings. The van der Waals surface area contributed by atoms with E-state index in [1.807, 2.05) is 31.2 Å². The molecule has 0 heterocycles. The van der Waals surface area contributed by atoms with Gasteiger partial charge in [-0.1, -0.05) is 34.1 Å². The summed E-state index contributed by atoms with van der Waals surface area (Å²) in [5.41, 5.74) is 7.30. The molecule has 2 rings (SSSR count). The molecule has 0 radical (unpaired) electrons. The Morgan fingerprint density at radius 2 is 2.00 bits per heavy atom. The zero-order valence-electron chi connectivity index (χ0n) is 10.6. The molecule has 0 saturated carbocycles. The summed E-state index contributed by atoms with van der Waals surface area (Å²) in [4.78, 5) is 0. The predicted octanol–water partition coefficient (Wildman–Crippen LogP) is 4.19. The van der Waals surface area contributed by atoms with Crippen molar-refractivity contribution in [3.05, 3.63) is 63.9 Å². The highest BCUT2D eigenvalue weighted by Gasteiger charge is 2.09. The van der Waals surface area contributed by atoms with Gasteiger partial charge < -0.3 is 10.5 Å². The van der Waals surface area contributed by atoms with Gasteiger partial charge in [0.2, 0.25) is 0 Å². The zero-order chi connectivity index (χ0) is 13.8. The second-order valence-corrected chi connectivity index (χ2v) is 5.27. The van der Waals surface area contributed by atoms with Crippen LogP contribution in [0.2, 0.25) is 0 Å². The zero-order valence-corrected chi connectivity index (χ0v) is 12.2. The number of para-hydroxylation sites is 1. The minimum atomic E-state index is -0.276. The van der Waals surface area contributed by atoms with E-state index >= 15 is 0 Å². The van der Waals surface area contributed by atoms with Crippen molar-refractivity contribution < 1.29 is 9.13 Å². The number of hydrogen-bond donors (Lipinski definition) is 1. The van der Waals surface area contributed by atoms with E-state index in [0.29, 0.717) is 11.3 Å². The van der Waals surface area contributed by atoms with Crippen molar-refractivity contribution >= 4 is 15.9 Å². The molecule has 2 N–H and O–H groups in total. The molecule has 1 atom stereocenters. The lowest BCUT2D eigenvalue weighted by atomic mass is 10.1. The van der Waals surface area contributed by atoms with Crippen LogP contribution in [0.25, 0.3) is 0 Å². The Kier molecular flexibility index (Phi) is 4.56. The first-order valence-electron chi connectivity index (χ1n) is 5.99. The smallest absolute Gasteiger partial charge is 0.129 e. The molecule has 0 aromatic heterocycles. The maximum absolute atomic E-state index is 13.6. The Hall–Kier alpha value is -1.39. The van der Waals surface area contributed by atoms with E-state index in [4.69, 9.17) is 10.5 Å². The van der Waals surface area contributed by atoms with Gasteiger partial charge in [-0.25, -0.2) is 4.39 Å². The molecular formula is C15H15BrFNO. The lowest BCUT2D eigenvalue weighted by Gasteiger charge is -2.14. The van der Waals surface area contributed by atoms with Crippen LogP contribution in [0.5, 0.6) is 5.75 Å². The Balaban J connectivity index is 2.17. The highest BCUT2D eigenvalue weighted by Crippen LogP contribution is 2.25. The number of rotatable bonds is 4. The fourth-order valence-electron chi connectivity index (χ4n) is 1.80. The standard InChI is InChI=1S/C15H15BrFNO/c1-10(18)13-4-2-3-5-15(13)19-9-11-8-12(16)6-7-14(11)17/h2-8,10H,9,18H2,1H3. The first kappa shape index (κ1) is 14.0. The molecule has 2 aromatic carbocycles. The summed E-state index contributed by atoms with van der Waals surface area (Å²) in [6.07, 6.45) is 0. The van der Waals surface area contributed by atoms with Crippen LogP contribution in [0.3, 0.4) is 0 Å². The van der Waals surface area contributed by atoms with Crippen molar-refractivity contribution in [2.75, 3.05) is 0 Å². The summed E-state index contributed by atoms with van der Waals surface area (Å²) in [6, 6.07) is 12.2. The third-order valence-corrected chi connectivity index (χ3v) is 3.29. The van der Waals surface area contributed by atoms with Gasteiger partial charge in [-0.2, -0.15) is 0 Å². The molecule has 0 aliphatic heterocycles. The van der Waals surface area contributed by atoms with Gasteiger partial charge in [0.15, 0.2) is 0 Å². The molecule has 0 saturated heterocycles. The highest BCUT2D eigenvalue weighted by molar-refractivity contribution is 9.10. The van der Waals surface area contributed by atoms with E-state index in [0.717, 1.165) is 10.0 Å². The van der Waals surface area contributed by atoms with Gasteiger partial charge in [-0.15, -0.1) is 0 Å². The van der Waals surface area contributed by atoms with Crippen LogP contribution in [0.4, 0.5) is 4.39 Å². The summed E-state index contributed by atoms with van der Waals surface area (Å²) in [5.74, 6) is 0.415. The molecule has 1 unspecified atom stereocenters. The number of halogens is 2. The molecule has 19 heavy (non-hydrogen) atoms. The topological polar surface area (TPSA) is 35.2 Å². The molecule has 0 bridgehead atoms. The van der Waals surface area contributed by atoms with E-state index < -0.39 is 0 Å². The normalized spacial score (nSPS) is 12.2. The van der Waals surface area contributed by atoms with E-state index in [9.17, 15) is 4.39 Å². The van der Waals surface area contributed by atoms with Crippen molar-refractivity contribution in [2.45, 2.75) is 19.6 Å². The van der Waals surface area contributed by atoms with Crippen LogP contribution in [0.1, 0.15) is 24.1 Å². The Morgan fingerprint density at radius 1 is 1.26 bits per heavy atom. The van der Waals surface area contributed by atoms with Crippen LogP contribution in [-0.4, -0.2) is 0 Å². The first-order valence-corrected chi connectivity index (χ1v) is 6.78. The maximum Gasteiger partial charge on any atom is 0.129 e. The summed E-state index contributed by atoms with van der Waals surface area (Å²) < 4.78 is 20.1. The van der Waals surface area contributed by atoms with Crippen LogP contribution >= 0.6 is 15.9 Å². The molecular weight excluding hydrogens is 309 g/mol. The molecule has 2 nitrogen and oxygen atoms in total. The quantitative estimate of drug-likeness (QED) is 0.915. The van der Waals surface area contributed by atoms with Gasteiger partial charge in [0.25, 0.3) is 0 Å². The van der Waals surface area contributed by atoms with Crippen molar-refractivity contribution in [1.29, 1.82) is 0 Å². The fourth-order valence-corrected chi connectivity index (χ4v) is 2.21. The third-order valence-electron chi connectivity index (χ3n) is 2.80. The van der Waals surface area contributed by atoms with Gasteiger partial charge in [0.1, 0.15) is 18.2 Å². The summed E-state index contributed by atoms with van der Waals surface area (Å²) in [5, 5.41) is 0. The van der Waals surface area contributed by atoms with Crippen molar-refractivity contribution in [2.24, 2.45) is 5.73 Å². The minimum absolute atomic E-state index is 0.122. The van der Waals surface area contributed by atoms with Crippen LogP contribution in [0.15, 0.2) is 46.9 Å². The van der Waals surface area contributed by atoms with Gasteiger partial charge in [-0.05, 0) is 31.2 Å². The second-order valence-electron chi connectivity index (χ2n) is 4.35. The van der Waals surface area contributed by atoms with E-state index in [1.54, 1.807) is 12.1 Å². The summed E-state index contributed by atoms with van der Waals surface area (Å²) in [6.45, 7) is 2.07. The second kappa shape index (κ2) is 6.17. The Morgan fingerprint density at radius 3 is 2.74 bits per heavy atom. The highest BCUT2D eigenvalue weighted by atomic mass is 79.9. The number of ether oxygens (including phenoxy) is 1. The Bertz CT molecular complexity index is 572. The lowest BCUT2D eigenvalue weighted by Crippen LogP contribution is -2.08. The fraction of sp³-hybridized carbons (Fsp3) is 0.200. The third kappa shape index (κ3) is 3.55. The van der Waals surface area contributed by atoms with Crippen molar-refractivity contribution in [3.8, 4) is 5.75 Å². The van der Waals surface area contributed by atoms with Gasteiger partial charge >= 0.3 is 0 Å². The molecule has 4 heteroatoms. The monoisotopic (exact) mass is 323 g/mol. The van der Waals surface area contributed by atoms with Crippen molar-refractivity contribution in [1.82, 2.24) is 0 Å². The molecule has 0 fully saturated rings. The molecule has 0 spiro atoms. The van der Waals surface area contributed by atoms with E-state index in [-0.39, 0.29) is 18.5 Å². The average Bonchev–Trinajstić information content (AvgIpc) is 2.40. The van der Waals surface area contributed by atoms with Crippen LogP contribution < -0.4 is 10.5 Å². The number of nitrogens with two attached hydrogens (primary N) is 1. The van der Waals surface area contributed by atoms with E-state index in [1.165, 1.54) is 6.07 Å². The largest absolute Gasteiger partial charge is 0.488 e.